The van der Waals surface area contributed by atoms with Crippen LogP contribution in [-0.4, -0.2) is 5.75 Å². The third-order valence-electron chi connectivity index (χ3n) is 2.28. The van der Waals surface area contributed by atoms with Crippen LogP contribution in [0.4, 0.5) is 0 Å². The van der Waals surface area contributed by atoms with Crippen LogP contribution in [0.15, 0.2) is 48.5 Å². The number of carbonyl (C=O) groups excluding carboxylic acids is 1. The lowest BCUT2D eigenvalue weighted by Crippen LogP contribution is -1.62. The molecule has 16 heavy (non-hydrogen) atoms. The summed E-state index contributed by atoms with van der Waals surface area (Å²) in [7, 11) is 0. The first-order chi connectivity index (χ1) is 7.86. The van der Waals surface area contributed by atoms with Crippen molar-refractivity contribution in [1.29, 1.82) is 0 Å². The highest BCUT2D eigenvalue weighted by Crippen LogP contribution is 2.32. The van der Waals surface area contributed by atoms with Crippen molar-refractivity contribution in [3.63, 3.8) is 0 Å². The van der Waals surface area contributed by atoms with Gasteiger partial charge in [-0.1, -0.05) is 36.4 Å². The molecular formula is C13H9ClOS. The molecule has 80 valence electrons. The maximum absolute atomic E-state index is 8.57. The Morgan fingerprint density at radius 3 is 1.69 bits per heavy atom. The van der Waals surface area contributed by atoms with Gasteiger partial charge in [0.2, 0.25) is 5.75 Å². The Bertz CT molecular complexity index is 565. The fraction of sp³-hybridized carbons (Fsp3) is 0. The van der Waals surface area contributed by atoms with Crippen LogP contribution in [0.1, 0.15) is 0 Å². The number of rotatable bonds is 0. The number of benzene rings is 2. The second-order valence-corrected chi connectivity index (χ2v) is 4.45. The average Bonchev–Trinajstić information content (AvgIpc) is 2.68. The fourth-order valence-corrected chi connectivity index (χ4v) is 2.78. The summed E-state index contributed by atoms with van der Waals surface area (Å²) in [6.45, 7) is 0. The lowest BCUT2D eigenvalue weighted by atomic mass is 10.2. The van der Waals surface area contributed by atoms with E-state index >= 15 is 0 Å². The zero-order valence-electron chi connectivity index (χ0n) is 8.39. The van der Waals surface area contributed by atoms with Gasteiger partial charge in [0.05, 0.1) is 0 Å². The molecule has 3 aromatic rings. The molecule has 0 saturated heterocycles. The van der Waals surface area contributed by atoms with E-state index in [2.05, 4.69) is 60.1 Å². The molecule has 1 nitrogen and oxygen atoms in total. The van der Waals surface area contributed by atoms with Gasteiger partial charge in [0.15, 0.2) is 0 Å². The predicted molar refractivity (Wildman–Crippen MR) is 71.9 cm³/mol. The Morgan fingerprint density at radius 2 is 1.25 bits per heavy atom. The van der Waals surface area contributed by atoms with Gasteiger partial charge < -0.3 is 0 Å². The van der Waals surface area contributed by atoms with Gasteiger partial charge in [0.25, 0.3) is 0 Å². The highest BCUT2D eigenvalue weighted by atomic mass is 35.5. The minimum atomic E-state index is 0.222. The largest absolute Gasteiger partial charge is 0.285 e. The monoisotopic (exact) mass is 248 g/mol. The summed E-state index contributed by atoms with van der Waals surface area (Å²) in [5.41, 5.74) is 0. The Labute approximate surface area is 102 Å². The summed E-state index contributed by atoms with van der Waals surface area (Å²) in [4.78, 5) is 8.57. The average molecular weight is 249 g/mol. The highest BCUT2D eigenvalue weighted by molar-refractivity contribution is 7.25. The van der Waals surface area contributed by atoms with Crippen molar-refractivity contribution in [2.24, 2.45) is 0 Å². The quantitative estimate of drug-likeness (QED) is 0.424. The van der Waals surface area contributed by atoms with Crippen molar-refractivity contribution in [2.75, 3.05) is 0 Å². The van der Waals surface area contributed by atoms with Crippen molar-refractivity contribution in [2.45, 2.75) is 0 Å². The van der Waals surface area contributed by atoms with Gasteiger partial charge in [0, 0.05) is 20.2 Å². The second-order valence-electron chi connectivity index (χ2n) is 3.18. The molecule has 3 heteroatoms. The van der Waals surface area contributed by atoms with Crippen LogP contribution >= 0.6 is 22.9 Å². The van der Waals surface area contributed by atoms with E-state index in [4.69, 9.17) is 4.79 Å². The van der Waals surface area contributed by atoms with E-state index in [-0.39, 0.29) is 5.75 Å². The first kappa shape index (κ1) is 11.1. The molecule has 0 N–H and O–H groups in total. The lowest BCUT2D eigenvalue weighted by Gasteiger charge is -1.88. The second kappa shape index (κ2) is 5.10. The zero-order valence-corrected chi connectivity index (χ0v) is 9.96. The normalized spacial score (nSPS) is 9.81. The number of fused-ring (bicyclic) bond motifs is 3. The van der Waals surface area contributed by atoms with Crippen molar-refractivity contribution in [3.8, 4) is 0 Å². The molecule has 3 rings (SSSR count). The molecule has 0 aliphatic carbocycles. The molecule has 0 bridgehead atoms. The fourth-order valence-electron chi connectivity index (χ4n) is 1.67. The van der Waals surface area contributed by atoms with E-state index < -0.39 is 0 Å². The van der Waals surface area contributed by atoms with Crippen LogP contribution in [0.5, 0.6) is 0 Å². The summed E-state index contributed by atoms with van der Waals surface area (Å²) in [6, 6.07) is 17.1. The third kappa shape index (κ3) is 2.08. The van der Waals surface area contributed by atoms with Crippen LogP contribution in [0, 0.1) is 0 Å². The molecule has 2 aromatic carbocycles. The van der Waals surface area contributed by atoms with Crippen molar-refractivity contribution < 1.29 is 4.79 Å². The molecule has 0 atom stereocenters. The van der Waals surface area contributed by atoms with Gasteiger partial charge in [-0.2, -0.15) is 0 Å². The number of hydrogen-bond donors (Lipinski definition) is 0. The van der Waals surface area contributed by atoms with Crippen LogP contribution in [0.25, 0.3) is 20.2 Å². The minimum absolute atomic E-state index is 0.222. The molecule has 0 radical (unpaired) electrons. The predicted octanol–water partition coefficient (Wildman–Crippen LogP) is 4.47. The Balaban J connectivity index is 0.000000292. The molecular weight excluding hydrogens is 240 g/mol. The summed E-state index contributed by atoms with van der Waals surface area (Å²) in [6.07, 6.45) is 0. The van der Waals surface area contributed by atoms with Gasteiger partial charge in [-0.3, -0.25) is 4.79 Å². The Morgan fingerprint density at radius 1 is 0.875 bits per heavy atom. The SMILES string of the molecule is O=CCl.c1ccc2c(c1)sc1ccccc12. The maximum Gasteiger partial charge on any atom is 0.208 e. The smallest absolute Gasteiger partial charge is 0.208 e. The lowest BCUT2D eigenvalue weighted by molar-refractivity contribution is 0.569. The molecule has 0 amide bonds. The van der Waals surface area contributed by atoms with E-state index in [0.717, 1.165) is 0 Å². The van der Waals surface area contributed by atoms with Crippen LogP contribution in [-0.2, 0) is 4.79 Å². The van der Waals surface area contributed by atoms with Crippen molar-refractivity contribution in [3.05, 3.63) is 48.5 Å². The topological polar surface area (TPSA) is 17.1 Å². The molecule has 0 fully saturated rings. The molecule has 0 spiro atoms. The molecule has 0 aliphatic heterocycles. The van der Waals surface area contributed by atoms with E-state index in [1.165, 1.54) is 20.2 Å². The Kier molecular flexibility index (Phi) is 3.54. The van der Waals surface area contributed by atoms with E-state index in [0.29, 0.717) is 0 Å². The van der Waals surface area contributed by atoms with E-state index in [1.54, 1.807) is 0 Å². The minimum Gasteiger partial charge on any atom is -0.285 e. The van der Waals surface area contributed by atoms with Gasteiger partial charge in [-0.15, -0.1) is 11.3 Å². The summed E-state index contributed by atoms with van der Waals surface area (Å²) in [5, 5.41) is 2.76. The molecule has 0 aliphatic rings. The van der Waals surface area contributed by atoms with E-state index in [1.807, 2.05) is 11.3 Å². The zero-order chi connectivity index (χ0) is 11.4. The van der Waals surface area contributed by atoms with Crippen molar-refractivity contribution >= 4 is 48.9 Å². The highest BCUT2D eigenvalue weighted by Gasteiger charge is 2.01. The van der Waals surface area contributed by atoms with Crippen LogP contribution in [0.2, 0.25) is 0 Å². The number of carbonyl (C=O) groups is 1. The number of thiophene rings is 1. The van der Waals surface area contributed by atoms with Gasteiger partial charge in [0.1, 0.15) is 0 Å². The van der Waals surface area contributed by atoms with Crippen LogP contribution < -0.4 is 0 Å². The molecule has 1 aromatic heterocycles. The van der Waals surface area contributed by atoms with Gasteiger partial charge in [-0.05, 0) is 23.7 Å². The molecule has 0 saturated carbocycles. The molecule has 1 heterocycles. The first-order valence-corrected chi connectivity index (χ1v) is 6.02. The van der Waals surface area contributed by atoms with Gasteiger partial charge in [-0.25, -0.2) is 0 Å². The number of hydrogen-bond acceptors (Lipinski definition) is 2. The first-order valence-electron chi connectivity index (χ1n) is 4.77. The van der Waals surface area contributed by atoms with Gasteiger partial charge >= 0.3 is 0 Å². The summed E-state index contributed by atoms with van der Waals surface area (Å²) < 4.78 is 2.76. The number of halogens is 1. The Hall–Kier alpha value is -1.38. The summed E-state index contributed by atoms with van der Waals surface area (Å²) >= 11 is 6.18. The third-order valence-corrected chi connectivity index (χ3v) is 3.44. The summed E-state index contributed by atoms with van der Waals surface area (Å²) in [5.74, 6) is 0.222. The standard InChI is InChI=1S/C12H8S.CHClO/c1-3-7-11-9(5-1)10-6-2-4-8-12(10)13-11;2-1-3/h1-8H;1H. The molecule has 0 unspecified atom stereocenters. The maximum atomic E-state index is 8.57. The van der Waals surface area contributed by atoms with Crippen molar-refractivity contribution in [1.82, 2.24) is 0 Å². The van der Waals surface area contributed by atoms with E-state index in [9.17, 15) is 0 Å². The van der Waals surface area contributed by atoms with Crippen LogP contribution in [0.3, 0.4) is 0 Å².